The van der Waals surface area contributed by atoms with Crippen molar-refractivity contribution in [3.05, 3.63) is 41.6 Å². The number of carbonyl (C=O) groups is 1. The number of allylic oxidation sites excluding steroid dienone is 1. The number of benzene rings is 1. The zero-order valence-corrected chi connectivity index (χ0v) is 13.3. The highest BCUT2D eigenvalue weighted by Gasteiger charge is 2.20. The van der Waals surface area contributed by atoms with Crippen LogP contribution in [-0.4, -0.2) is 41.9 Å². The fourth-order valence-corrected chi connectivity index (χ4v) is 2.47. The summed E-state index contributed by atoms with van der Waals surface area (Å²) >= 11 is 12.0. The summed E-state index contributed by atoms with van der Waals surface area (Å²) in [6, 6.07) is 7.59. The maximum absolute atomic E-state index is 12.1. The van der Waals surface area contributed by atoms with E-state index in [1.807, 2.05) is 36.1 Å². The Hall–Kier alpha value is -1.23. The fraction of sp³-hybridized carbons (Fsp3) is 0.400. The molecule has 1 amide bonds. The van der Waals surface area contributed by atoms with Crippen molar-refractivity contribution in [1.29, 1.82) is 0 Å². The lowest BCUT2D eigenvalue weighted by molar-refractivity contribution is -0.112. The van der Waals surface area contributed by atoms with Gasteiger partial charge in [0.25, 0.3) is 0 Å². The van der Waals surface area contributed by atoms with Gasteiger partial charge in [0.1, 0.15) is 4.84 Å². The number of carbonyl (C=O) groups excluding carboxylic acids is 1. The molecule has 114 valence electrons. The molecule has 1 aliphatic rings. The molecular weight excluding hydrogens is 311 g/mol. The summed E-state index contributed by atoms with van der Waals surface area (Å²) in [6.45, 7) is 4.57. The average molecular weight is 329 g/mol. The predicted octanol–water partition coefficient (Wildman–Crippen LogP) is 2.95. The van der Waals surface area contributed by atoms with Crippen LogP contribution in [0.3, 0.4) is 0 Å². The topological polar surface area (TPSA) is 41.6 Å². The summed E-state index contributed by atoms with van der Waals surface area (Å²) in [5, 5.41) is 2.80. The number of nitrogens with one attached hydrogen (secondary N) is 1. The maximum atomic E-state index is 12.1. The largest absolute Gasteiger partial charge is 0.378 e. The first-order valence-corrected chi connectivity index (χ1v) is 7.63. The van der Waals surface area contributed by atoms with Gasteiger partial charge in [0.05, 0.1) is 18.9 Å². The van der Waals surface area contributed by atoms with Gasteiger partial charge in [-0.05, 0) is 19.1 Å². The van der Waals surface area contributed by atoms with Crippen LogP contribution in [0.15, 0.2) is 36.0 Å². The number of anilines is 1. The summed E-state index contributed by atoms with van der Waals surface area (Å²) in [6.07, 6.45) is 1.45. The van der Waals surface area contributed by atoms with Crippen molar-refractivity contribution in [3.8, 4) is 0 Å². The normalized spacial score (nSPS) is 16.2. The number of halogens is 2. The summed E-state index contributed by atoms with van der Waals surface area (Å²) in [4.78, 5) is 13.3. The molecule has 0 spiro atoms. The molecule has 4 nitrogen and oxygen atoms in total. The van der Waals surface area contributed by atoms with Gasteiger partial charge in [-0.25, -0.2) is 0 Å². The van der Waals surface area contributed by atoms with Crippen molar-refractivity contribution in [2.24, 2.45) is 0 Å². The lowest BCUT2D eigenvalue weighted by atomic mass is 10.2. The molecule has 21 heavy (non-hydrogen) atoms. The van der Waals surface area contributed by atoms with Crippen molar-refractivity contribution in [2.45, 2.75) is 11.8 Å². The summed E-state index contributed by atoms with van der Waals surface area (Å²) in [5.41, 5.74) is 2.48. The molecule has 1 saturated heterocycles. The van der Waals surface area contributed by atoms with Gasteiger partial charge in [0.2, 0.25) is 5.91 Å². The van der Waals surface area contributed by atoms with Gasteiger partial charge in [0, 0.05) is 24.9 Å². The Morgan fingerprint density at radius 1 is 1.29 bits per heavy atom. The number of hydrogen-bond donors (Lipinski definition) is 1. The molecule has 6 heteroatoms. The van der Waals surface area contributed by atoms with E-state index in [9.17, 15) is 4.79 Å². The van der Waals surface area contributed by atoms with E-state index in [0.717, 1.165) is 11.3 Å². The Balaban J connectivity index is 2.06. The molecular formula is C15H18Cl2N2O2. The lowest BCUT2D eigenvalue weighted by Gasteiger charge is -2.31. The van der Waals surface area contributed by atoms with E-state index in [2.05, 4.69) is 5.32 Å². The molecule has 0 aromatic heterocycles. The minimum absolute atomic E-state index is 0.244. The zero-order chi connectivity index (χ0) is 15.2. The second-order valence-corrected chi connectivity index (χ2v) is 5.92. The highest BCUT2D eigenvalue weighted by Crippen LogP contribution is 2.20. The molecule has 0 aliphatic carbocycles. The number of amides is 1. The third kappa shape index (κ3) is 4.92. The van der Waals surface area contributed by atoms with Crippen LogP contribution in [-0.2, 0) is 9.53 Å². The van der Waals surface area contributed by atoms with E-state index in [0.29, 0.717) is 32.0 Å². The molecule has 0 atom stereocenters. The summed E-state index contributed by atoms with van der Waals surface area (Å²) < 4.78 is 5.29. The quantitative estimate of drug-likeness (QED) is 0.682. The first-order valence-electron chi connectivity index (χ1n) is 6.76. The van der Waals surface area contributed by atoms with E-state index in [1.165, 1.54) is 6.08 Å². The first kappa shape index (κ1) is 16.1. The number of hydrogen-bond acceptors (Lipinski definition) is 3. The standard InChI is InChI=1S/C15H18Cl2N2O2/c1-11-2-4-12(5-3-11)18-14(20)10-13(15(16)17)19-6-8-21-9-7-19/h2-5,10,15H,6-9H2,1H3,(H,18,20)/b13-10+. The van der Waals surface area contributed by atoms with Gasteiger partial charge >= 0.3 is 0 Å². The maximum Gasteiger partial charge on any atom is 0.250 e. The fourth-order valence-electron chi connectivity index (χ4n) is 2.06. The average Bonchev–Trinajstić information content (AvgIpc) is 2.48. The monoisotopic (exact) mass is 328 g/mol. The molecule has 1 aromatic rings. The highest BCUT2D eigenvalue weighted by atomic mass is 35.5. The second-order valence-electron chi connectivity index (χ2n) is 4.82. The Bertz CT molecular complexity index is 509. The number of aryl methyl sites for hydroxylation is 1. The number of alkyl halides is 2. The van der Waals surface area contributed by atoms with Gasteiger partial charge in [-0.3, -0.25) is 4.79 Å². The molecule has 0 saturated carbocycles. The van der Waals surface area contributed by atoms with Crippen LogP contribution in [0.5, 0.6) is 0 Å². The molecule has 1 fully saturated rings. The highest BCUT2D eigenvalue weighted by molar-refractivity contribution is 6.46. The van der Waals surface area contributed by atoms with E-state index in [-0.39, 0.29) is 5.91 Å². The molecule has 0 unspecified atom stereocenters. The molecule has 0 radical (unpaired) electrons. The number of morpholine rings is 1. The van der Waals surface area contributed by atoms with Gasteiger partial charge in [0.15, 0.2) is 0 Å². The minimum Gasteiger partial charge on any atom is -0.378 e. The predicted molar refractivity (Wildman–Crippen MR) is 85.8 cm³/mol. The Morgan fingerprint density at radius 2 is 1.90 bits per heavy atom. The molecule has 0 bridgehead atoms. The molecule has 1 N–H and O–H groups in total. The Labute approximate surface area is 134 Å². The number of ether oxygens (including phenoxy) is 1. The van der Waals surface area contributed by atoms with Crippen LogP contribution in [0.4, 0.5) is 5.69 Å². The van der Waals surface area contributed by atoms with Crippen LogP contribution >= 0.6 is 23.2 Å². The second kappa shape index (κ2) is 7.69. The third-order valence-corrected chi connectivity index (χ3v) is 3.65. The van der Waals surface area contributed by atoms with Crippen molar-refractivity contribution in [1.82, 2.24) is 4.90 Å². The number of rotatable bonds is 4. The molecule has 1 aromatic carbocycles. The summed E-state index contributed by atoms with van der Waals surface area (Å²) in [5.74, 6) is -0.244. The Morgan fingerprint density at radius 3 is 2.48 bits per heavy atom. The van der Waals surface area contributed by atoms with Crippen LogP contribution in [0.2, 0.25) is 0 Å². The van der Waals surface area contributed by atoms with Gasteiger partial charge < -0.3 is 15.0 Å². The molecule has 2 rings (SSSR count). The van der Waals surface area contributed by atoms with E-state index in [4.69, 9.17) is 27.9 Å². The van der Waals surface area contributed by atoms with Crippen molar-refractivity contribution in [2.75, 3.05) is 31.6 Å². The van der Waals surface area contributed by atoms with Crippen LogP contribution in [0.25, 0.3) is 0 Å². The van der Waals surface area contributed by atoms with Gasteiger partial charge in [-0.15, -0.1) is 0 Å². The first-order chi connectivity index (χ1) is 10.1. The third-order valence-electron chi connectivity index (χ3n) is 3.20. The van der Waals surface area contributed by atoms with Gasteiger partial charge in [-0.2, -0.15) is 0 Å². The van der Waals surface area contributed by atoms with Crippen molar-refractivity contribution < 1.29 is 9.53 Å². The van der Waals surface area contributed by atoms with E-state index in [1.54, 1.807) is 0 Å². The van der Waals surface area contributed by atoms with Crippen molar-refractivity contribution >= 4 is 34.8 Å². The molecule has 1 aliphatic heterocycles. The number of nitrogens with zero attached hydrogens (tertiary/aromatic N) is 1. The van der Waals surface area contributed by atoms with Gasteiger partial charge in [-0.1, -0.05) is 40.9 Å². The van der Waals surface area contributed by atoms with Crippen molar-refractivity contribution in [3.63, 3.8) is 0 Å². The summed E-state index contributed by atoms with van der Waals surface area (Å²) in [7, 11) is 0. The SMILES string of the molecule is Cc1ccc(NC(=O)/C=C(\C(Cl)Cl)N2CCOCC2)cc1. The van der Waals surface area contributed by atoms with E-state index >= 15 is 0 Å². The smallest absolute Gasteiger partial charge is 0.250 e. The van der Waals surface area contributed by atoms with E-state index < -0.39 is 4.84 Å². The molecule has 1 heterocycles. The van der Waals surface area contributed by atoms with Crippen LogP contribution in [0, 0.1) is 6.92 Å². The lowest BCUT2D eigenvalue weighted by Crippen LogP contribution is -2.37. The zero-order valence-electron chi connectivity index (χ0n) is 11.8. The van der Waals surface area contributed by atoms with Crippen LogP contribution < -0.4 is 5.32 Å². The van der Waals surface area contributed by atoms with Crippen LogP contribution in [0.1, 0.15) is 5.56 Å². The minimum atomic E-state index is -0.744. The Kier molecular flexibility index (Phi) is 5.91.